The lowest BCUT2D eigenvalue weighted by Gasteiger charge is -2.38. The number of hydrogen-bond acceptors (Lipinski definition) is 3. The molecule has 0 aromatic carbocycles. The van der Waals surface area contributed by atoms with Gasteiger partial charge in [-0.2, -0.15) is 0 Å². The summed E-state index contributed by atoms with van der Waals surface area (Å²) in [6.07, 6.45) is 2.25. The molecule has 0 N–H and O–H groups in total. The fourth-order valence-electron chi connectivity index (χ4n) is 2.07. The number of rotatable bonds is 5. The molecule has 0 spiro atoms. The molecule has 1 aliphatic rings. The van der Waals surface area contributed by atoms with E-state index in [0.717, 1.165) is 26.0 Å². The molecule has 3 nitrogen and oxygen atoms in total. The van der Waals surface area contributed by atoms with Gasteiger partial charge in [0.25, 0.3) is 0 Å². The Labute approximate surface area is 99.1 Å². The fourth-order valence-corrected chi connectivity index (χ4v) is 2.07. The van der Waals surface area contributed by atoms with Crippen molar-refractivity contribution in [1.82, 2.24) is 4.90 Å². The molecule has 0 bridgehead atoms. The van der Waals surface area contributed by atoms with E-state index in [9.17, 15) is 4.79 Å². The number of carbonyl (C=O) groups excluding carboxylic acids is 1. The summed E-state index contributed by atoms with van der Waals surface area (Å²) < 4.78 is 5.63. The summed E-state index contributed by atoms with van der Waals surface area (Å²) in [7, 11) is 0. The standard InChI is InChI=1S/C13H25NO2/c1-5-10(3)13(15)8-14-7-11(4)16-9-12(14)6-2/h10-12H,5-9H2,1-4H3. The van der Waals surface area contributed by atoms with E-state index in [-0.39, 0.29) is 12.0 Å². The lowest BCUT2D eigenvalue weighted by molar-refractivity contribution is -0.127. The smallest absolute Gasteiger partial charge is 0.149 e. The minimum atomic E-state index is 0.190. The number of Topliss-reactive ketones (excluding diaryl/α,β-unsaturated/α-hetero) is 1. The van der Waals surface area contributed by atoms with E-state index < -0.39 is 0 Å². The van der Waals surface area contributed by atoms with Crippen LogP contribution in [0.5, 0.6) is 0 Å². The maximum atomic E-state index is 11.9. The zero-order valence-corrected chi connectivity index (χ0v) is 11.0. The normalized spacial score (nSPS) is 29.0. The van der Waals surface area contributed by atoms with Crippen molar-refractivity contribution in [3.63, 3.8) is 0 Å². The van der Waals surface area contributed by atoms with Crippen LogP contribution in [0.2, 0.25) is 0 Å². The maximum Gasteiger partial charge on any atom is 0.149 e. The molecule has 0 saturated carbocycles. The number of nitrogens with zero attached hydrogens (tertiary/aromatic N) is 1. The number of ketones is 1. The highest BCUT2D eigenvalue weighted by atomic mass is 16.5. The molecule has 0 amide bonds. The van der Waals surface area contributed by atoms with E-state index in [1.807, 2.05) is 6.92 Å². The number of carbonyl (C=O) groups is 1. The summed E-state index contributed by atoms with van der Waals surface area (Å²) in [6.45, 7) is 10.6. The molecule has 1 heterocycles. The Hall–Kier alpha value is -0.410. The lowest BCUT2D eigenvalue weighted by atomic mass is 10.0. The Bertz CT molecular complexity index is 230. The van der Waals surface area contributed by atoms with Crippen LogP contribution in [0.25, 0.3) is 0 Å². The highest BCUT2D eigenvalue weighted by molar-refractivity contribution is 5.82. The molecule has 3 heteroatoms. The zero-order chi connectivity index (χ0) is 12.1. The van der Waals surface area contributed by atoms with Crippen molar-refractivity contribution in [2.45, 2.75) is 52.7 Å². The summed E-state index contributed by atoms with van der Waals surface area (Å²) in [6, 6.07) is 0.421. The Balaban J connectivity index is 2.51. The van der Waals surface area contributed by atoms with Gasteiger partial charge in [-0.25, -0.2) is 0 Å². The van der Waals surface area contributed by atoms with E-state index in [1.165, 1.54) is 0 Å². The third-order valence-corrected chi connectivity index (χ3v) is 3.57. The second kappa shape index (κ2) is 6.36. The molecule has 0 radical (unpaired) electrons. The van der Waals surface area contributed by atoms with Gasteiger partial charge in [-0.1, -0.05) is 20.8 Å². The molecular formula is C13H25NO2. The van der Waals surface area contributed by atoms with Crippen molar-refractivity contribution in [1.29, 1.82) is 0 Å². The topological polar surface area (TPSA) is 29.5 Å². The average Bonchev–Trinajstić information content (AvgIpc) is 2.28. The van der Waals surface area contributed by atoms with E-state index in [0.29, 0.717) is 18.4 Å². The Morgan fingerprint density at radius 1 is 1.50 bits per heavy atom. The summed E-state index contributed by atoms with van der Waals surface area (Å²) in [5.74, 6) is 0.561. The first kappa shape index (κ1) is 13.7. The van der Waals surface area contributed by atoms with Crippen molar-refractivity contribution in [3.05, 3.63) is 0 Å². The van der Waals surface area contributed by atoms with E-state index in [2.05, 4.69) is 25.7 Å². The van der Waals surface area contributed by atoms with Crippen molar-refractivity contribution >= 4 is 5.78 Å². The van der Waals surface area contributed by atoms with Crippen LogP contribution < -0.4 is 0 Å². The molecule has 3 atom stereocenters. The van der Waals surface area contributed by atoms with Gasteiger partial charge in [-0.05, 0) is 19.8 Å². The van der Waals surface area contributed by atoms with Crippen LogP contribution in [0.4, 0.5) is 0 Å². The monoisotopic (exact) mass is 227 g/mol. The molecule has 1 fully saturated rings. The molecule has 1 saturated heterocycles. The van der Waals surface area contributed by atoms with Crippen LogP contribution in [-0.2, 0) is 9.53 Å². The van der Waals surface area contributed by atoms with Gasteiger partial charge in [0.15, 0.2) is 0 Å². The Kier molecular flexibility index (Phi) is 5.42. The second-order valence-corrected chi connectivity index (χ2v) is 4.91. The predicted molar refractivity (Wildman–Crippen MR) is 65.5 cm³/mol. The predicted octanol–water partition coefficient (Wildman–Crippen LogP) is 2.10. The van der Waals surface area contributed by atoms with Gasteiger partial charge in [0.1, 0.15) is 5.78 Å². The molecule has 0 aliphatic carbocycles. The minimum Gasteiger partial charge on any atom is -0.376 e. The molecule has 16 heavy (non-hydrogen) atoms. The molecule has 3 unspecified atom stereocenters. The minimum absolute atomic E-state index is 0.190. The summed E-state index contributed by atoms with van der Waals surface area (Å²) >= 11 is 0. The molecule has 94 valence electrons. The van der Waals surface area contributed by atoms with E-state index >= 15 is 0 Å². The molecule has 0 aromatic heterocycles. The maximum absolute atomic E-state index is 11.9. The lowest BCUT2D eigenvalue weighted by Crippen LogP contribution is -2.50. The zero-order valence-electron chi connectivity index (χ0n) is 11.0. The van der Waals surface area contributed by atoms with Gasteiger partial charge in [0, 0.05) is 18.5 Å². The van der Waals surface area contributed by atoms with Crippen LogP contribution in [0.1, 0.15) is 40.5 Å². The van der Waals surface area contributed by atoms with Gasteiger partial charge >= 0.3 is 0 Å². The number of morpholine rings is 1. The quantitative estimate of drug-likeness (QED) is 0.720. The van der Waals surface area contributed by atoms with E-state index in [4.69, 9.17) is 4.74 Å². The summed E-state index contributed by atoms with van der Waals surface area (Å²) in [4.78, 5) is 14.2. The van der Waals surface area contributed by atoms with Crippen LogP contribution in [0.3, 0.4) is 0 Å². The first-order valence-corrected chi connectivity index (χ1v) is 6.46. The Morgan fingerprint density at radius 2 is 2.19 bits per heavy atom. The van der Waals surface area contributed by atoms with Crippen molar-refractivity contribution in [2.75, 3.05) is 19.7 Å². The SMILES string of the molecule is CCC(C)C(=O)CN1CC(C)OCC1CC. The van der Waals surface area contributed by atoms with Gasteiger partial charge in [0.05, 0.1) is 19.3 Å². The molecular weight excluding hydrogens is 202 g/mol. The molecule has 1 rings (SSSR count). The Morgan fingerprint density at radius 3 is 2.75 bits per heavy atom. The number of hydrogen-bond donors (Lipinski definition) is 0. The first-order valence-electron chi connectivity index (χ1n) is 6.46. The van der Waals surface area contributed by atoms with Crippen LogP contribution in [0.15, 0.2) is 0 Å². The van der Waals surface area contributed by atoms with Crippen molar-refractivity contribution < 1.29 is 9.53 Å². The largest absolute Gasteiger partial charge is 0.376 e. The van der Waals surface area contributed by atoms with Crippen molar-refractivity contribution in [2.24, 2.45) is 5.92 Å². The van der Waals surface area contributed by atoms with Gasteiger partial charge in [-0.15, -0.1) is 0 Å². The molecule has 0 aromatic rings. The third kappa shape index (κ3) is 3.56. The highest BCUT2D eigenvalue weighted by Crippen LogP contribution is 2.15. The first-order chi connectivity index (χ1) is 7.58. The van der Waals surface area contributed by atoms with Gasteiger partial charge in [-0.3, -0.25) is 9.69 Å². The second-order valence-electron chi connectivity index (χ2n) is 4.91. The van der Waals surface area contributed by atoms with Crippen molar-refractivity contribution in [3.8, 4) is 0 Å². The fraction of sp³-hybridized carbons (Fsp3) is 0.923. The summed E-state index contributed by atoms with van der Waals surface area (Å²) in [5, 5.41) is 0. The molecule has 1 aliphatic heterocycles. The van der Waals surface area contributed by atoms with Crippen LogP contribution in [0, 0.1) is 5.92 Å². The number of ether oxygens (including phenoxy) is 1. The van der Waals surface area contributed by atoms with Gasteiger partial charge < -0.3 is 4.74 Å². The average molecular weight is 227 g/mol. The highest BCUT2D eigenvalue weighted by Gasteiger charge is 2.27. The van der Waals surface area contributed by atoms with Crippen LogP contribution in [-0.4, -0.2) is 42.5 Å². The van der Waals surface area contributed by atoms with Crippen LogP contribution >= 0.6 is 0 Å². The van der Waals surface area contributed by atoms with E-state index in [1.54, 1.807) is 0 Å². The summed E-state index contributed by atoms with van der Waals surface area (Å²) in [5.41, 5.74) is 0. The van der Waals surface area contributed by atoms with Gasteiger partial charge in [0.2, 0.25) is 0 Å². The third-order valence-electron chi connectivity index (χ3n) is 3.57.